The highest BCUT2D eigenvalue weighted by atomic mass is 16.4. The van der Waals surface area contributed by atoms with Gasteiger partial charge >= 0.3 is 35.8 Å². The summed E-state index contributed by atoms with van der Waals surface area (Å²) in [5.41, 5.74) is -5.48. The normalized spacial score (nSPS) is 11.6. The summed E-state index contributed by atoms with van der Waals surface area (Å²) in [7, 11) is 0. The minimum atomic E-state index is -2.74. The first kappa shape index (κ1) is 35.3. The van der Waals surface area contributed by atoms with E-state index in [-0.39, 0.29) is 6.61 Å². The van der Waals surface area contributed by atoms with Gasteiger partial charge in [-0.25, -0.2) is 9.59 Å². The van der Waals surface area contributed by atoms with E-state index in [0.29, 0.717) is 0 Å². The van der Waals surface area contributed by atoms with Crippen molar-refractivity contribution in [3.63, 3.8) is 0 Å². The van der Waals surface area contributed by atoms with Crippen molar-refractivity contribution in [1.82, 2.24) is 0 Å². The van der Waals surface area contributed by atoms with E-state index in [0.717, 1.165) is 19.3 Å². The van der Waals surface area contributed by atoms with E-state index >= 15 is 0 Å². The maximum absolute atomic E-state index is 10.3. The van der Waals surface area contributed by atoms with E-state index in [1.165, 1.54) is 0 Å². The fourth-order valence-corrected chi connectivity index (χ4v) is 1.96. The summed E-state index contributed by atoms with van der Waals surface area (Å²) >= 11 is 0. The average molecular weight is 502 g/mol. The van der Waals surface area contributed by atoms with Crippen LogP contribution in [0, 0.1) is 0 Å². The van der Waals surface area contributed by atoms with Crippen LogP contribution in [0.15, 0.2) is 0 Å². The molecule has 0 heterocycles. The number of carboxylic acid groups (broad SMARTS) is 6. The van der Waals surface area contributed by atoms with E-state index in [9.17, 15) is 28.8 Å². The molecule has 0 amide bonds. The minimum Gasteiger partial charge on any atom is -0.481 e. The van der Waals surface area contributed by atoms with Crippen molar-refractivity contribution in [2.75, 3.05) is 6.61 Å². The largest absolute Gasteiger partial charge is 0.481 e. The molecule has 0 saturated carbocycles. The molecule has 0 radical (unpaired) electrons. The molecule has 1 unspecified atom stereocenters. The van der Waals surface area contributed by atoms with Crippen molar-refractivity contribution >= 4 is 35.8 Å². The van der Waals surface area contributed by atoms with Gasteiger partial charge in [0.1, 0.15) is 0 Å². The number of carbonyl (C=O) groups is 6. The predicted octanol–water partition coefficient (Wildman–Crippen LogP) is -1.97. The van der Waals surface area contributed by atoms with Crippen LogP contribution in [0.5, 0.6) is 0 Å². The molecule has 0 bridgehead atoms. The first-order valence-electron chi connectivity index (χ1n) is 9.44. The SMILES string of the molecule is CCCCC(O)CO.O=C(O)CC(O)(CC(=O)O)C(=O)O.O=C(O)CC(O)(CC(=O)O)C(=O)O. The van der Waals surface area contributed by atoms with Gasteiger partial charge in [0.05, 0.1) is 38.4 Å². The molecule has 16 nitrogen and oxygen atoms in total. The standard InChI is InChI=1S/2C6H8O7.C6H14O2/c2*7-3(8)1-6(13,5(11)12)2-4(9)10;1-2-3-4-6(8)5-7/h2*13H,1-2H2,(H,7,8)(H,9,10)(H,11,12);6-8H,2-5H2,1H3. The molecule has 0 fully saturated rings. The van der Waals surface area contributed by atoms with E-state index in [1.807, 2.05) is 0 Å². The summed E-state index contributed by atoms with van der Waals surface area (Å²) in [5, 5.41) is 84.7. The Balaban J connectivity index is -0.000000438. The van der Waals surface area contributed by atoms with Crippen LogP contribution in [0.25, 0.3) is 0 Å². The number of hydrogen-bond acceptors (Lipinski definition) is 10. The van der Waals surface area contributed by atoms with Gasteiger partial charge < -0.3 is 51.1 Å². The number of rotatable bonds is 14. The molecular formula is C18H30O16. The maximum atomic E-state index is 10.3. The highest BCUT2D eigenvalue weighted by molar-refractivity contribution is 5.88. The van der Waals surface area contributed by atoms with Gasteiger partial charge in [-0.05, 0) is 6.42 Å². The summed E-state index contributed by atoms with van der Waals surface area (Å²) < 4.78 is 0. The van der Waals surface area contributed by atoms with Crippen molar-refractivity contribution in [3.05, 3.63) is 0 Å². The summed E-state index contributed by atoms with van der Waals surface area (Å²) in [5.74, 6) is -10.0. The minimum absolute atomic E-state index is 0.0972. The number of aliphatic hydroxyl groups excluding tert-OH is 2. The van der Waals surface area contributed by atoms with Crippen LogP contribution in [0.4, 0.5) is 0 Å². The molecule has 16 heteroatoms. The Hall–Kier alpha value is -3.34. The molecule has 198 valence electrons. The van der Waals surface area contributed by atoms with E-state index in [4.69, 9.17) is 51.1 Å². The molecule has 1 atom stereocenters. The quantitative estimate of drug-likeness (QED) is 0.123. The molecule has 0 aromatic carbocycles. The fraction of sp³-hybridized carbons (Fsp3) is 0.667. The second kappa shape index (κ2) is 17.2. The van der Waals surface area contributed by atoms with Gasteiger partial charge in [0.2, 0.25) is 0 Å². The second-order valence-corrected chi connectivity index (χ2v) is 6.93. The molecule has 0 saturated heterocycles. The number of carboxylic acids is 6. The van der Waals surface area contributed by atoms with Crippen LogP contribution in [-0.4, -0.2) is 111 Å². The maximum Gasteiger partial charge on any atom is 0.336 e. The Labute approximate surface area is 192 Å². The van der Waals surface area contributed by atoms with E-state index < -0.39 is 78.8 Å². The van der Waals surface area contributed by atoms with Crippen LogP contribution in [0.2, 0.25) is 0 Å². The number of aliphatic carboxylic acids is 6. The van der Waals surface area contributed by atoms with Gasteiger partial charge in [-0.3, -0.25) is 19.2 Å². The molecule has 0 spiro atoms. The summed E-state index contributed by atoms with van der Waals surface area (Å²) in [6, 6.07) is 0. The Morgan fingerprint density at radius 3 is 1.06 bits per heavy atom. The lowest BCUT2D eigenvalue weighted by atomic mass is 9.96. The third kappa shape index (κ3) is 18.3. The van der Waals surface area contributed by atoms with Gasteiger partial charge in [0, 0.05) is 0 Å². The van der Waals surface area contributed by atoms with Crippen molar-refractivity contribution < 1.29 is 79.8 Å². The third-order valence-corrected chi connectivity index (χ3v) is 3.67. The zero-order valence-electron chi connectivity index (χ0n) is 18.2. The Bertz CT molecular complexity index is 616. The molecule has 0 aliphatic rings. The van der Waals surface area contributed by atoms with Gasteiger partial charge in [-0.1, -0.05) is 19.8 Å². The molecule has 0 aromatic heterocycles. The van der Waals surface area contributed by atoms with Gasteiger partial charge in [-0.15, -0.1) is 0 Å². The highest BCUT2D eigenvalue weighted by Gasteiger charge is 2.41. The first-order chi connectivity index (χ1) is 15.4. The van der Waals surface area contributed by atoms with E-state index in [1.54, 1.807) is 0 Å². The lowest BCUT2D eigenvalue weighted by molar-refractivity contribution is -0.170. The monoisotopic (exact) mass is 502 g/mol. The van der Waals surface area contributed by atoms with Gasteiger partial charge in [-0.2, -0.15) is 0 Å². The van der Waals surface area contributed by atoms with Crippen molar-refractivity contribution in [2.45, 2.75) is 69.2 Å². The molecule has 0 aliphatic carbocycles. The first-order valence-corrected chi connectivity index (χ1v) is 9.44. The molecular weight excluding hydrogens is 472 g/mol. The smallest absolute Gasteiger partial charge is 0.336 e. The average Bonchev–Trinajstić information content (AvgIpc) is 2.64. The molecule has 0 rings (SSSR count). The Morgan fingerprint density at radius 1 is 0.647 bits per heavy atom. The van der Waals surface area contributed by atoms with Crippen LogP contribution in [0.3, 0.4) is 0 Å². The molecule has 10 N–H and O–H groups in total. The lowest BCUT2D eigenvalue weighted by Crippen LogP contribution is -2.42. The predicted molar refractivity (Wildman–Crippen MR) is 107 cm³/mol. The van der Waals surface area contributed by atoms with Crippen LogP contribution in [0.1, 0.15) is 51.9 Å². The Morgan fingerprint density at radius 2 is 0.912 bits per heavy atom. The van der Waals surface area contributed by atoms with Crippen molar-refractivity contribution in [3.8, 4) is 0 Å². The summed E-state index contributed by atoms with van der Waals surface area (Å²) in [4.78, 5) is 61.0. The van der Waals surface area contributed by atoms with E-state index in [2.05, 4.69) is 6.92 Å². The molecule has 34 heavy (non-hydrogen) atoms. The summed E-state index contributed by atoms with van der Waals surface area (Å²) in [6.45, 7) is 1.96. The van der Waals surface area contributed by atoms with Crippen molar-refractivity contribution in [1.29, 1.82) is 0 Å². The third-order valence-electron chi connectivity index (χ3n) is 3.67. The van der Waals surface area contributed by atoms with Crippen LogP contribution >= 0.6 is 0 Å². The number of unbranched alkanes of at least 4 members (excludes halogenated alkanes) is 1. The zero-order chi connectivity index (χ0) is 27.7. The topological polar surface area (TPSA) is 305 Å². The molecule has 0 aromatic rings. The number of hydrogen-bond donors (Lipinski definition) is 10. The van der Waals surface area contributed by atoms with Crippen molar-refractivity contribution in [2.24, 2.45) is 0 Å². The van der Waals surface area contributed by atoms with Gasteiger partial charge in [0.15, 0.2) is 11.2 Å². The Kier molecular flexibility index (Phi) is 17.8. The highest BCUT2D eigenvalue weighted by Crippen LogP contribution is 2.16. The zero-order valence-corrected chi connectivity index (χ0v) is 18.2. The second-order valence-electron chi connectivity index (χ2n) is 6.93. The van der Waals surface area contributed by atoms with Crippen LogP contribution in [-0.2, 0) is 28.8 Å². The lowest BCUT2D eigenvalue weighted by Gasteiger charge is -2.18. The molecule has 0 aliphatic heterocycles. The fourth-order valence-electron chi connectivity index (χ4n) is 1.96. The van der Waals surface area contributed by atoms with Gasteiger partial charge in [0.25, 0.3) is 0 Å². The van der Waals surface area contributed by atoms with Crippen LogP contribution < -0.4 is 0 Å². The number of aliphatic hydroxyl groups is 4. The summed E-state index contributed by atoms with van der Waals surface area (Å²) in [6.07, 6.45) is -2.26.